The number of furan rings is 1. The summed E-state index contributed by atoms with van der Waals surface area (Å²) >= 11 is 1.84. The lowest BCUT2D eigenvalue weighted by Crippen LogP contribution is -2.41. The van der Waals surface area contributed by atoms with Crippen LogP contribution in [0.2, 0.25) is 0 Å². The van der Waals surface area contributed by atoms with E-state index in [0.717, 1.165) is 37.8 Å². The van der Waals surface area contributed by atoms with Gasteiger partial charge in [-0.15, -0.1) is 0 Å². The molecule has 4 nitrogen and oxygen atoms in total. The van der Waals surface area contributed by atoms with Crippen molar-refractivity contribution in [3.63, 3.8) is 0 Å². The van der Waals surface area contributed by atoms with Gasteiger partial charge in [-0.25, -0.2) is 0 Å². The van der Waals surface area contributed by atoms with Crippen molar-refractivity contribution in [2.24, 2.45) is 10.9 Å². The summed E-state index contributed by atoms with van der Waals surface area (Å²) in [6.45, 7) is 11.3. The average molecular weight is 311 g/mol. The van der Waals surface area contributed by atoms with Gasteiger partial charge in [-0.1, -0.05) is 13.8 Å². The standard InChI is InChI=1S/C16H29N3OS/c1-13(2)11-18-15(19-12-16(3,4)21-5)17-9-8-14-7-6-10-20-14/h6-7,10,13H,8-9,11-12H2,1-5H3,(H2,17,18,19). The third kappa shape index (κ3) is 8.05. The molecular formula is C16H29N3OS. The minimum absolute atomic E-state index is 0.160. The van der Waals surface area contributed by atoms with E-state index in [-0.39, 0.29) is 4.75 Å². The Morgan fingerprint density at radius 2 is 2.14 bits per heavy atom. The Morgan fingerprint density at radius 3 is 2.71 bits per heavy atom. The van der Waals surface area contributed by atoms with Crippen LogP contribution >= 0.6 is 11.8 Å². The molecule has 0 amide bonds. The van der Waals surface area contributed by atoms with Crippen molar-refractivity contribution in [2.45, 2.75) is 38.9 Å². The Balaban J connectivity index is 2.48. The molecule has 0 saturated heterocycles. The zero-order chi connectivity index (χ0) is 15.7. The molecule has 5 heteroatoms. The fourth-order valence-corrected chi connectivity index (χ4v) is 1.76. The van der Waals surface area contributed by atoms with Crippen LogP contribution in [0.3, 0.4) is 0 Å². The Kier molecular flexibility index (Phi) is 7.72. The second-order valence-corrected chi connectivity index (χ2v) is 7.67. The largest absolute Gasteiger partial charge is 0.469 e. The second-order valence-electron chi connectivity index (χ2n) is 6.16. The fraction of sp³-hybridized carbons (Fsp3) is 0.688. The Bertz CT molecular complexity index is 413. The molecule has 1 rings (SSSR count). The van der Waals surface area contributed by atoms with Crippen molar-refractivity contribution in [3.8, 4) is 0 Å². The smallest absolute Gasteiger partial charge is 0.191 e. The normalized spacial score (nSPS) is 12.8. The summed E-state index contributed by atoms with van der Waals surface area (Å²) in [4.78, 5) is 4.70. The van der Waals surface area contributed by atoms with Gasteiger partial charge in [0.25, 0.3) is 0 Å². The van der Waals surface area contributed by atoms with E-state index < -0.39 is 0 Å². The van der Waals surface area contributed by atoms with E-state index in [4.69, 9.17) is 9.41 Å². The second kappa shape index (κ2) is 9.03. The monoisotopic (exact) mass is 311 g/mol. The fourth-order valence-electron chi connectivity index (χ4n) is 1.57. The van der Waals surface area contributed by atoms with Gasteiger partial charge >= 0.3 is 0 Å². The summed E-state index contributed by atoms with van der Waals surface area (Å²) in [5.74, 6) is 2.48. The molecule has 1 heterocycles. The van der Waals surface area contributed by atoms with Crippen LogP contribution in [0.15, 0.2) is 27.8 Å². The summed E-state index contributed by atoms with van der Waals surface area (Å²) in [7, 11) is 0. The number of hydrogen-bond acceptors (Lipinski definition) is 3. The number of thioether (sulfide) groups is 1. The molecule has 0 unspecified atom stereocenters. The van der Waals surface area contributed by atoms with Crippen molar-refractivity contribution in [2.75, 3.05) is 25.9 Å². The van der Waals surface area contributed by atoms with Crippen LogP contribution in [0, 0.1) is 5.92 Å². The lowest BCUT2D eigenvalue weighted by molar-refractivity contribution is 0.506. The van der Waals surface area contributed by atoms with E-state index in [2.05, 4.69) is 44.6 Å². The highest BCUT2D eigenvalue weighted by molar-refractivity contribution is 7.99. The van der Waals surface area contributed by atoms with E-state index in [9.17, 15) is 0 Å². The first-order valence-electron chi connectivity index (χ1n) is 7.52. The van der Waals surface area contributed by atoms with Gasteiger partial charge in [-0.2, -0.15) is 11.8 Å². The van der Waals surface area contributed by atoms with E-state index >= 15 is 0 Å². The maximum Gasteiger partial charge on any atom is 0.191 e. The SMILES string of the molecule is CSC(C)(C)CN=C(NCCc1ccco1)NCC(C)C. The molecule has 0 saturated carbocycles. The molecule has 0 aliphatic carbocycles. The molecular weight excluding hydrogens is 282 g/mol. The number of nitrogens with one attached hydrogen (secondary N) is 2. The maximum atomic E-state index is 5.34. The van der Waals surface area contributed by atoms with Crippen molar-refractivity contribution in [1.29, 1.82) is 0 Å². The van der Waals surface area contributed by atoms with Crippen LogP contribution < -0.4 is 10.6 Å². The van der Waals surface area contributed by atoms with E-state index in [1.54, 1.807) is 6.26 Å². The van der Waals surface area contributed by atoms with Crippen molar-refractivity contribution in [1.82, 2.24) is 10.6 Å². The van der Waals surface area contributed by atoms with Crippen molar-refractivity contribution in [3.05, 3.63) is 24.2 Å². The van der Waals surface area contributed by atoms with Gasteiger partial charge < -0.3 is 15.1 Å². The molecule has 0 aliphatic rings. The lowest BCUT2D eigenvalue weighted by atomic mass is 10.2. The first-order valence-corrected chi connectivity index (χ1v) is 8.75. The lowest BCUT2D eigenvalue weighted by Gasteiger charge is -2.21. The zero-order valence-corrected chi connectivity index (χ0v) is 14.7. The highest BCUT2D eigenvalue weighted by atomic mass is 32.2. The van der Waals surface area contributed by atoms with Crippen molar-refractivity contribution >= 4 is 17.7 Å². The molecule has 120 valence electrons. The molecule has 0 spiro atoms. The van der Waals surface area contributed by atoms with Gasteiger partial charge in [0, 0.05) is 24.3 Å². The summed E-state index contributed by atoms with van der Waals surface area (Å²) in [6, 6.07) is 3.92. The van der Waals surface area contributed by atoms with Gasteiger partial charge in [-0.3, -0.25) is 4.99 Å². The first-order chi connectivity index (χ1) is 9.93. The highest BCUT2D eigenvalue weighted by Crippen LogP contribution is 2.20. The van der Waals surface area contributed by atoms with Gasteiger partial charge in [-0.05, 0) is 38.2 Å². The molecule has 1 aromatic rings. The maximum absolute atomic E-state index is 5.34. The Morgan fingerprint density at radius 1 is 1.38 bits per heavy atom. The number of nitrogens with zero attached hydrogens (tertiary/aromatic N) is 1. The molecule has 21 heavy (non-hydrogen) atoms. The number of hydrogen-bond donors (Lipinski definition) is 2. The van der Waals surface area contributed by atoms with Crippen LogP contribution in [0.1, 0.15) is 33.5 Å². The Labute approximate surface area is 133 Å². The van der Waals surface area contributed by atoms with Gasteiger partial charge in [0.05, 0.1) is 12.8 Å². The topological polar surface area (TPSA) is 49.6 Å². The van der Waals surface area contributed by atoms with Gasteiger partial charge in [0.15, 0.2) is 5.96 Å². The average Bonchev–Trinajstić information content (AvgIpc) is 2.94. The predicted molar refractivity (Wildman–Crippen MR) is 93.2 cm³/mol. The summed E-state index contributed by atoms with van der Waals surface area (Å²) in [6.07, 6.45) is 4.70. The van der Waals surface area contributed by atoms with E-state index in [1.807, 2.05) is 23.9 Å². The van der Waals surface area contributed by atoms with Crippen LogP contribution in [0.25, 0.3) is 0 Å². The molecule has 1 aromatic heterocycles. The van der Waals surface area contributed by atoms with Crippen LogP contribution in [-0.4, -0.2) is 36.6 Å². The number of aliphatic imine (C=N–C) groups is 1. The van der Waals surface area contributed by atoms with Crippen LogP contribution in [0.4, 0.5) is 0 Å². The minimum atomic E-state index is 0.160. The number of rotatable bonds is 8. The molecule has 0 bridgehead atoms. The van der Waals surface area contributed by atoms with E-state index in [0.29, 0.717) is 5.92 Å². The summed E-state index contributed by atoms with van der Waals surface area (Å²) in [5.41, 5.74) is 0. The minimum Gasteiger partial charge on any atom is -0.469 e. The van der Waals surface area contributed by atoms with Crippen LogP contribution in [0.5, 0.6) is 0 Å². The summed E-state index contributed by atoms with van der Waals surface area (Å²) < 4.78 is 5.50. The molecule has 0 aromatic carbocycles. The van der Waals surface area contributed by atoms with Gasteiger partial charge in [0.1, 0.15) is 5.76 Å². The van der Waals surface area contributed by atoms with Crippen molar-refractivity contribution < 1.29 is 4.42 Å². The summed E-state index contributed by atoms with van der Waals surface area (Å²) in [5, 5.41) is 6.77. The highest BCUT2D eigenvalue weighted by Gasteiger charge is 2.15. The molecule has 0 fully saturated rings. The molecule has 2 N–H and O–H groups in total. The molecule has 0 aliphatic heterocycles. The van der Waals surface area contributed by atoms with E-state index in [1.165, 1.54) is 0 Å². The van der Waals surface area contributed by atoms with Crippen LogP contribution in [-0.2, 0) is 6.42 Å². The molecule has 0 radical (unpaired) electrons. The Hall–Kier alpha value is -1.10. The quantitative estimate of drug-likeness (QED) is 0.572. The predicted octanol–water partition coefficient (Wildman–Crippen LogP) is 3.15. The number of guanidine groups is 1. The third-order valence-corrected chi connectivity index (χ3v) is 4.33. The van der Waals surface area contributed by atoms with Gasteiger partial charge in [0.2, 0.25) is 0 Å². The molecule has 0 atom stereocenters. The third-order valence-electron chi connectivity index (χ3n) is 3.09. The zero-order valence-electron chi connectivity index (χ0n) is 13.9. The first kappa shape index (κ1) is 18.0.